The van der Waals surface area contributed by atoms with Crippen molar-refractivity contribution in [1.29, 1.82) is 0 Å². The Morgan fingerprint density at radius 2 is 1.79 bits per heavy atom. The molecule has 0 spiro atoms. The maximum absolute atomic E-state index is 13.2. The number of rotatable bonds is 6. The molecule has 0 saturated carbocycles. The Morgan fingerprint density at radius 3 is 2.50 bits per heavy atom. The van der Waals surface area contributed by atoms with Gasteiger partial charge in [0.05, 0.1) is 11.3 Å². The van der Waals surface area contributed by atoms with Crippen LogP contribution in [-0.4, -0.2) is 63.8 Å². The fourth-order valence-electron chi connectivity index (χ4n) is 3.99. The molecule has 0 bridgehead atoms. The van der Waals surface area contributed by atoms with E-state index in [9.17, 15) is 4.79 Å². The van der Waals surface area contributed by atoms with Gasteiger partial charge in [0.1, 0.15) is 11.5 Å². The maximum atomic E-state index is 13.2. The lowest BCUT2D eigenvalue weighted by Crippen LogP contribution is -2.44. The highest BCUT2D eigenvalue weighted by atomic mass is 16.1. The van der Waals surface area contributed by atoms with Gasteiger partial charge in [-0.25, -0.2) is 9.67 Å². The number of amides is 1. The van der Waals surface area contributed by atoms with Crippen molar-refractivity contribution < 1.29 is 4.79 Å². The van der Waals surface area contributed by atoms with Crippen LogP contribution in [0.4, 0.5) is 5.82 Å². The summed E-state index contributed by atoms with van der Waals surface area (Å²) in [7, 11) is 2.14. The lowest BCUT2D eigenvalue weighted by Gasteiger charge is -2.33. The Hall–Kier alpha value is -4.04. The molecule has 0 unspecified atom stereocenters. The number of piperazine rings is 1. The fourth-order valence-corrected chi connectivity index (χ4v) is 3.99. The van der Waals surface area contributed by atoms with Crippen molar-refractivity contribution in [3.8, 4) is 16.9 Å². The molecule has 1 N–H and O–H groups in total. The van der Waals surface area contributed by atoms with E-state index in [1.807, 2.05) is 60.8 Å². The predicted octanol–water partition coefficient (Wildman–Crippen LogP) is 3.01. The third-order valence-corrected chi connectivity index (χ3v) is 6.00. The largest absolute Gasteiger partial charge is 0.354 e. The molecule has 1 aliphatic rings. The van der Waals surface area contributed by atoms with Gasteiger partial charge in [0.15, 0.2) is 0 Å². The van der Waals surface area contributed by atoms with Crippen molar-refractivity contribution in [3.05, 3.63) is 90.5 Å². The molecular weight excluding hydrogens is 426 g/mol. The summed E-state index contributed by atoms with van der Waals surface area (Å²) in [6, 6.07) is 17.5. The zero-order valence-electron chi connectivity index (χ0n) is 19.1. The van der Waals surface area contributed by atoms with Crippen molar-refractivity contribution in [2.75, 3.05) is 38.1 Å². The lowest BCUT2D eigenvalue weighted by molar-refractivity contribution is 0.0951. The van der Waals surface area contributed by atoms with Crippen LogP contribution in [0.15, 0.2) is 79.4 Å². The highest BCUT2D eigenvalue weighted by Crippen LogP contribution is 2.23. The first kappa shape index (κ1) is 21.8. The number of nitrogens with zero attached hydrogens (tertiary/aromatic N) is 6. The summed E-state index contributed by atoms with van der Waals surface area (Å²) in [4.78, 5) is 26.6. The molecule has 1 aliphatic heterocycles. The second kappa shape index (κ2) is 9.84. The first-order valence-corrected chi connectivity index (χ1v) is 11.4. The van der Waals surface area contributed by atoms with Crippen LogP contribution in [0.3, 0.4) is 0 Å². The van der Waals surface area contributed by atoms with Crippen LogP contribution < -0.4 is 10.2 Å². The van der Waals surface area contributed by atoms with E-state index < -0.39 is 0 Å². The van der Waals surface area contributed by atoms with E-state index in [1.165, 1.54) is 0 Å². The van der Waals surface area contributed by atoms with Gasteiger partial charge < -0.3 is 15.1 Å². The molecule has 0 radical (unpaired) electrons. The summed E-state index contributed by atoms with van der Waals surface area (Å²) in [5.74, 6) is 0.787. The van der Waals surface area contributed by atoms with Gasteiger partial charge in [-0.15, -0.1) is 0 Å². The van der Waals surface area contributed by atoms with E-state index in [1.54, 1.807) is 23.3 Å². The molecule has 4 aromatic rings. The molecule has 1 fully saturated rings. The van der Waals surface area contributed by atoms with Gasteiger partial charge in [0.2, 0.25) is 0 Å². The highest BCUT2D eigenvalue weighted by Gasteiger charge is 2.19. The van der Waals surface area contributed by atoms with Crippen LogP contribution in [0.1, 0.15) is 15.9 Å². The minimum Gasteiger partial charge on any atom is -0.354 e. The van der Waals surface area contributed by atoms with Crippen molar-refractivity contribution in [3.63, 3.8) is 0 Å². The molecule has 1 amide bonds. The lowest BCUT2D eigenvalue weighted by atomic mass is 10.1. The summed E-state index contributed by atoms with van der Waals surface area (Å²) >= 11 is 0. The average Bonchev–Trinajstić information content (AvgIpc) is 3.35. The molecule has 0 aliphatic carbocycles. The molecule has 34 heavy (non-hydrogen) atoms. The van der Waals surface area contributed by atoms with Crippen molar-refractivity contribution in [2.45, 2.75) is 6.54 Å². The van der Waals surface area contributed by atoms with Crippen LogP contribution in [0.2, 0.25) is 0 Å². The highest BCUT2D eigenvalue weighted by molar-refractivity contribution is 5.99. The van der Waals surface area contributed by atoms with Crippen LogP contribution in [0, 0.1) is 0 Å². The van der Waals surface area contributed by atoms with Crippen molar-refractivity contribution >= 4 is 11.7 Å². The van der Waals surface area contributed by atoms with E-state index in [0.29, 0.717) is 17.8 Å². The Morgan fingerprint density at radius 1 is 0.971 bits per heavy atom. The third-order valence-electron chi connectivity index (χ3n) is 6.00. The number of benzene rings is 1. The Labute approximate surface area is 198 Å². The van der Waals surface area contributed by atoms with E-state index in [0.717, 1.165) is 48.8 Å². The first-order chi connectivity index (χ1) is 16.7. The summed E-state index contributed by atoms with van der Waals surface area (Å²) in [6.07, 6.45) is 7.02. The third kappa shape index (κ3) is 4.82. The molecule has 5 rings (SSSR count). The Kier molecular flexibility index (Phi) is 6.31. The smallest absolute Gasteiger partial charge is 0.255 e. The van der Waals surface area contributed by atoms with E-state index in [4.69, 9.17) is 0 Å². The second-order valence-electron chi connectivity index (χ2n) is 8.41. The monoisotopic (exact) mass is 453 g/mol. The van der Waals surface area contributed by atoms with Gasteiger partial charge in [-0.1, -0.05) is 24.3 Å². The summed E-state index contributed by atoms with van der Waals surface area (Å²) < 4.78 is 1.73. The van der Waals surface area contributed by atoms with Gasteiger partial charge in [-0.2, -0.15) is 5.10 Å². The van der Waals surface area contributed by atoms with Crippen LogP contribution in [-0.2, 0) is 6.54 Å². The number of carbonyl (C=O) groups is 1. The molecule has 172 valence electrons. The normalized spacial score (nSPS) is 14.2. The number of hydrogen-bond acceptors (Lipinski definition) is 6. The number of likely N-dealkylation sites (N-methyl/N-ethyl adjacent to an activating group) is 1. The molecule has 8 heteroatoms. The quantitative estimate of drug-likeness (QED) is 0.484. The second-order valence-corrected chi connectivity index (χ2v) is 8.41. The topological polar surface area (TPSA) is 79.2 Å². The number of aromatic nitrogens is 4. The van der Waals surface area contributed by atoms with Crippen LogP contribution in [0.5, 0.6) is 0 Å². The minimum atomic E-state index is -0.191. The molecule has 4 heterocycles. The standard InChI is InChI=1S/C26H27N7O/c1-31-12-14-32(15-13-31)24-10-9-20(16-28-24)17-29-26(34)23-19-33(22-7-3-2-4-8-22)30-25(23)21-6-5-11-27-18-21/h2-11,16,18-19H,12-15,17H2,1H3,(H,29,34). The van der Waals surface area contributed by atoms with E-state index in [-0.39, 0.29) is 5.91 Å². The number of nitrogens with one attached hydrogen (secondary N) is 1. The van der Waals surface area contributed by atoms with E-state index in [2.05, 4.69) is 37.2 Å². The van der Waals surface area contributed by atoms with Gasteiger partial charge in [0.25, 0.3) is 5.91 Å². The summed E-state index contributed by atoms with van der Waals surface area (Å²) in [5, 5.41) is 7.71. The van der Waals surface area contributed by atoms with Crippen LogP contribution >= 0.6 is 0 Å². The zero-order chi connectivity index (χ0) is 23.3. The molecule has 8 nitrogen and oxygen atoms in total. The summed E-state index contributed by atoms with van der Waals surface area (Å²) in [5.41, 5.74) is 3.72. The zero-order valence-corrected chi connectivity index (χ0v) is 19.1. The van der Waals surface area contributed by atoms with Gasteiger partial charge in [-0.3, -0.25) is 9.78 Å². The average molecular weight is 454 g/mol. The van der Waals surface area contributed by atoms with Crippen molar-refractivity contribution in [1.82, 2.24) is 30.0 Å². The maximum Gasteiger partial charge on any atom is 0.255 e. The number of hydrogen-bond donors (Lipinski definition) is 1. The molecule has 0 atom stereocenters. The molecule has 3 aromatic heterocycles. The predicted molar refractivity (Wildman–Crippen MR) is 132 cm³/mol. The number of para-hydroxylation sites is 1. The molecule has 1 saturated heterocycles. The number of anilines is 1. The van der Waals surface area contributed by atoms with Crippen LogP contribution in [0.25, 0.3) is 16.9 Å². The van der Waals surface area contributed by atoms with Gasteiger partial charge in [-0.05, 0) is 42.9 Å². The summed E-state index contributed by atoms with van der Waals surface area (Å²) in [6.45, 7) is 4.41. The van der Waals surface area contributed by atoms with Gasteiger partial charge in [0, 0.05) is 63.1 Å². The number of pyridine rings is 2. The van der Waals surface area contributed by atoms with Gasteiger partial charge >= 0.3 is 0 Å². The molecule has 1 aromatic carbocycles. The molecular formula is C26H27N7O. The Bertz CT molecular complexity index is 1230. The van der Waals surface area contributed by atoms with E-state index >= 15 is 0 Å². The Balaban J connectivity index is 1.32. The minimum absolute atomic E-state index is 0.191. The number of carbonyl (C=O) groups excluding carboxylic acids is 1. The fraction of sp³-hybridized carbons (Fsp3) is 0.231. The first-order valence-electron chi connectivity index (χ1n) is 11.4. The van der Waals surface area contributed by atoms with Crippen molar-refractivity contribution in [2.24, 2.45) is 0 Å². The SMILES string of the molecule is CN1CCN(c2ccc(CNC(=O)c3cn(-c4ccccc4)nc3-c3cccnc3)cn2)CC1.